The van der Waals surface area contributed by atoms with Crippen LogP contribution in [0.4, 0.5) is 24.5 Å². The number of nitrogens with one attached hydrogen (secondary N) is 1. The molecule has 2 aromatic rings. The first-order chi connectivity index (χ1) is 14.7. The van der Waals surface area contributed by atoms with Crippen LogP contribution in [0.5, 0.6) is 0 Å². The van der Waals surface area contributed by atoms with Crippen LogP contribution < -0.4 is 5.32 Å². The molecule has 1 unspecified atom stereocenters. The number of carbonyl (C=O) groups excluding carboxylic acids is 1. The van der Waals surface area contributed by atoms with Gasteiger partial charge >= 0.3 is 5.97 Å². The number of aliphatic hydroxyl groups excluding tert-OH is 1. The van der Waals surface area contributed by atoms with Gasteiger partial charge in [0, 0.05) is 22.2 Å². The lowest BCUT2D eigenvalue weighted by atomic mass is 9.91. The van der Waals surface area contributed by atoms with Crippen LogP contribution in [-0.4, -0.2) is 46.0 Å². The number of likely N-dealkylation sites (tertiary alicyclic amines) is 1. The second-order valence-corrected chi connectivity index (χ2v) is 8.35. The number of carbonyl (C=O) groups is 2. The molecule has 0 saturated carbocycles. The summed E-state index contributed by atoms with van der Waals surface area (Å²) in [5.74, 6) is -5.06. The molecule has 1 fully saturated rings. The molecule has 1 heterocycles. The van der Waals surface area contributed by atoms with Crippen molar-refractivity contribution in [1.29, 1.82) is 0 Å². The Labute approximate surface area is 189 Å². The Morgan fingerprint density at radius 3 is 2.52 bits per heavy atom. The monoisotopic (exact) mass is 546 g/mol. The van der Waals surface area contributed by atoms with Crippen LogP contribution in [0.3, 0.4) is 0 Å². The Morgan fingerprint density at radius 2 is 1.90 bits per heavy atom. The molecule has 0 radical (unpaired) electrons. The Morgan fingerprint density at radius 1 is 1.19 bits per heavy atom. The van der Waals surface area contributed by atoms with Gasteiger partial charge in [0.25, 0.3) is 0 Å². The Bertz CT molecular complexity index is 1040. The van der Waals surface area contributed by atoms with Crippen LogP contribution in [-0.2, 0) is 4.79 Å². The van der Waals surface area contributed by atoms with E-state index in [2.05, 4.69) is 5.32 Å². The highest BCUT2D eigenvalue weighted by atomic mass is 127. The van der Waals surface area contributed by atoms with E-state index in [1.165, 1.54) is 18.2 Å². The number of benzene rings is 2. The quantitative estimate of drug-likeness (QED) is 0.257. The number of ketones is 1. The molecule has 164 valence electrons. The molecule has 1 atom stereocenters. The third-order valence-corrected chi connectivity index (χ3v) is 5.60. The number of hydrogen-bond acceptors (Lipinski definition) is 5. The number of Topliss-reactive ketones (excluding diaryl/α,β-unsaturated/α-hetero) is 1. The predicted molar refractivity (Wildman–Crippen MR) is 116 cm³/mol. The number of rotatable bonds is 8. The Hall–Kier alpha value is -2.60. The zero-order valence-electron chi connectivity index (χ0n) is 16.0. The number of anilines is 2. The van der Waals surface area contributed by atoms with E-state index in [4.69, 9.17) is 5.11 Å². The van der Waals surface area contributed by atoms with Crippen LogP contribution in [0.15, 0.2) is 42.7 Å². The van der Waals surface area contributed by atoms with Gasteiger partial charge in [0.2, 0.25) is 0 Å². The first-order valence-corrected chi connectivity index (χ1v) is 10.3. The summed E-state index contributed by atoms with van der Waals surface area (Å²) in [5, 5.41) is 20.6. The number of aliphatic carboxylic acids is 1. The van der Waals surface area contributed by atoms with Crippen LogP contribution in [0, 0.1) is 26.9 Å². The highest BCUT2D eigenvalue weighted by Gasteiger charge is 2.37. The standard InChI is InChI=1S/C21H18F3IN2O4/c22-14-3-2-13(20(19(14)24)26-16-4-1-12(25)8-15(16)23)21(31)17(5-6-28)27-9-11(10-27)7-18(29)30/h1-6,8,11,17,26,28H,7,9-10H2,(H,29,30). The molecule has 1 aliphatic rings. The van der Waals surface area contributed by atoms with E-state index >= 15 is 0 Å². The van der Waals surface area contributed by atoms with Gasteiger partial charge in [-0.25, -0.2) is 13.2 Å². The maximum atomic E-state index is 14.6. The van der Waals surface area contributed by atoms with Crippen molar-refractivity contribution < 1.29 is 33.0 Å². The Balaban J connectivity index is 1.92. The molecule has 1 aliphatic heterocycles. The first kappa shape index (κ1) is 23.1. The third-order valence-electron chi connectivity index (χ3n) is 4.93. The van der Waals surface area contributed by atoms with Crippen LogP contribution >= 0.6 is 22.6 Å². The van der Waals surface area contributed by atoms with E-state index in [9.17, 15) is 27.9 Å². The lowest BCUT2D eigenvalue weighted by Crippen LogP contribution is -2.54. The molecule has 0 aromatic heterocycles. The smallest absolute Gasteiger partial charge is 0.303 e. The fraction of sp³-hybridized carbons (Fsp3) is 0.238. The molecule has 3 N–H and O–H groups in total. The molecule has 0 spiro atoms. The number of carboxylic acids is 1. The van der Waals surface area contributed by atoms with E-state index in [0.29, 0.717) is 9.83 Å². The first-order valence-electron chi connectivity index (χ1n) is 9.22. The van der Waals surface area contributed by atoms with E-state index in [-0.39, 0.29) is 36.7 Å². The highest BCUT2D eigenvalue weighted by Crippen LogP contribution is 2.31. The number of hydrogen-bond donors (Lipinski definition) is 3. The van der Waals surface area contributed by atoms with E-state index in [1.54, 1.807) is 11.0 Å². The molecule has 31 heavy (non-hydrogen) atoms. The predicted octanol–water partition coefficient (Wildman–Crippen LogP) is 4.48. The Kier molecular flexibility index (Phi) is 7.21. The van der Waals surface area contributed by atoms with Crippen LogP contribution in [0.2, 0.25) is 0 Å². The van der Waals surface area contributed by atoms with E-state index < -0.39 is 40.9 Å². The topological polar surface area (TPSA) is 89.9 Å². The number of halogens is 4. The number of aliphatic hydroxyl groups is 1. The van der Waals surface area contributed by atoms with Crippen LogP contribution in [0.1, 0.15) is 16.8 Å². The maximum absolute atomic E-state index is 14.6. The fourth-order valence-corrected chi connectivity index (χ4v) is 3.89. The zero-order chi connectivity index (χ0) is 22.7. The molecule has 0 amide bonds. The van der Waals surface area contributed by atoms with Crippen molar-refractivity contribution >= 4 is 45.7 Å². The molecule has 6 nitrogen and oxygen atoms in total. The SMILES string of the molecule is O=C(O)CC1CN(C(C=CO)C(=O)c2ccc(F)c(F)c2Nc2ccc(I)cc2F)C1. The largest absolute Gasteiger partial charge is 0.516 e. The van der Waals surface area contributed by atoms with Crippen molar-refractivity contribution in [3.63, 3.8) is 0 Å². The average Bonchev–Trinajstić information content (AvgIpc) is 2.68. The summed E-state index contributed by atoms with van der Waals surface area (Å²) < 4.78 is 43.4. The van der Waals surface area contributed by atoms with Crippen molar-refractivity contribution in [2.45, 2.75) is 12.5 Å². The summed E-state index contributed by atoms with van der Waals surface area (Å²) in [6.07, 6.45) is 1.78. The lowest BCUT2D eigenvalue weighted by Gasteiger charge is -2.42. The number of carboxylic acid groups (broad SMARTS) is 1. The van der Waals surface area contributed by atoms with Gasteiger partial charge in [-0.2, -0.15) is 0 Å². The molecular weight excluding hydrogens is 528 g/mol. The zero-order valence-corrected chi connectivity index (χ0v) is 18.1. The second kappa shape index (κ2) is 9.69. The number of nitrogens with zero attached hydrogens (tertiary/aromatic N) is 1. The lowest BCUT2D eigenvalue weighted by molar-refractivity contribution is -0.139. The average molecular weight is 546 g/mol. The summed E-state index contributed by atoms with van der Waals surface area (Å²) in [4.78, 5) is 25.6. The van der Waals surface area contributed by atoms with Gasteiger partial charge in [0.1, 0.15) is 5.82 Å². The summed E-state index contributed by atoms with van der Waals surface area (Å²) in [6, 6.07) is 4.95. The van der Waals surface area contributed by atoms with Gasteiger partial charge in [-0.1, -0.05) is 0 Å². The van der Waals surface area contributed by atoms with Gasteiger partial charge in [-0.15, -0.1) is 0 Å². The van der Waals surface area contributed by atoms with E-state index in [1.807, 2.05) is 22.6 Å². The van der Waals surface area contributed by atoms with Crippen molar-refractivity contribution in [1.82, 2.24) is 4.90 Å². The molecule has 2 aromatic carbocycles. The maximum Gasteiger partial charge on any atom is 0.303 e. The summed E-state index contributed by atoms with van der Waals surface area (Å²) >= 11 is 1.90. The van der Waals surface area contributed by atoms with Crippen molar-refractivity contribution in [2.24, 2.45) is 5.92 Å². The molecular formula is C21H18F3IN2O4. The molecule has 3 rings (SSSR count). The molecule has 0 bridgehead atoms. The minimum absolute atomic E-state index is 0.0652. The fourth-order valence-electron chi connectivity index (χ4n) is 3.43. The van der Waals surface area contributed by atoms with Crippen molar-refractivity contribution in [3.8, 4) is 0 Å². The third kappa shape index (κ3) is 5.18. The minimum atomic E-state index is -1.34. The van der Waals surface area contributed by atoms with Gasteiger partial charge < -0.3 is 15.5 Å². The van der Waals surface area contributed by atoms with Gasteiger partial charge in [0.15, 0.2) is 17.4 Å². The van der Waals surface area contributed by atoms with Crippen LogP contribution in [0.25, 0.3) is 0 Å². The molecule has 1 saturated heterocycles. The molecule has 0 aliphatic carbocycles. The van der Waals surface area contributed by atoms with Crippen molar-refractivity contribution in [3.05, 3.63) is 69.3 Å². The highest BCUT2D eigenvalue weighted by molar-refractivity contribution is 14.1. The summed E-state index contributed by atoms with van der Waals surface area (Å²) in [5.41, 5.74) is -0.899. The summed E-state index contributed by atoms with van der Waals surface area (Å²) in [6.45, 7) is 0.566. The minimum Gasteiger partial charge on any atom is -0.516 e. The van der Waals surface area contributed by atoms with Crippen molar-refractivity contribution in [2.75, 3.05) is 18.4 Å². The molecule has 10 heteroatoms. The van der Waals surface area contributed by atoms with Gasteiger partial charge in [-0.3, -0.25) is 14.5 Å². The second-order valence-electron chi connectivity index (χ2n) is 7.10. The van der Waals surface area contributed by atoms with E-state index in [0.717, 1.165) is 12.1 Å². The van der Waals surface area contributed by atoms with Gasteiger partial charge in [0.05, 0.1) is 30.1 Å². The normalized spacial score (nSPS) is 15.6. The summed E-state index contributed by atoms with van der Waals surface area (Å²) in [7, 11) is 0. The van der Waals surface area contributed by atoms with Gasteiger partial charge in [-0.05, 0) is 64.9 Å².